The summed E-state index contributed by atoms with van der Waals surface area (Å²) in [7, 11) is 0. The minimum atomic E-state index is 0.210. The van der Waals surface area contributed by atoms with Gasteiger partial charge in [-0.15, -0.1) is 0 Å². The predicted octanol–water partition coefficient (Wildman–Crippen LogP) is 3.36. The second-order valence-corrected chi connectivity index (χ2v) is 4.69. The smallest absolute Gasteiger partial charge is 0.210 e. The lowest BCUT2D eigenvalue weighted by molar-refractivity contribution is -0.614. The number of aromatic nitrogens is 1. The van der Waals surface area contributed by atoms with Crippen LogP contribution in [0.25, 0.3) is 10.8 Å². The van der Waals surface area contributed by atoms with Crippen LogP contribution in [-0.2, 0) is 0 Å². The molecule has 0 amide bonds. The number of hydrogen-bond acceptors (Lipinski definition) is 1. The van der Waals surface area contributed by atoms with Crippen LogP contribution in [0, 0.1) is 5.21 Å². The van der Waals surface area contributed by atoms with Crippen LogP contribution in [0.5, 0.6) is 0 Å². The first-order valence-electron chi connectivity index (χ1n) is 4.91. The van der Waals surface area contributed by atoms with Gasteiger partial charge in [0, 0.05) is 16.7 Å². The number of nitrogens with zero attached hydrogens (tertiary/aromatic N) is 1. The first kappa shape index (κ1) is 10.4. The summed E-state index contributed by atoms with van der Waals surface area (Å²) in [5.41, 5.74) is 0.786. The fraction of sp³-hybridized carbons (Fsp3) is 0.250. The van der Waals surface area contributed by atoms with Crippen LogP contribution in [0.4, 0.5) is 0 Å². The zero-order chi connectivity index (χ0) is 11.0. The van der Waals surface area contributed by atoms with Gasteiger partial charge in [-0.05, 0) is 22.0 Å². The SMILES string of the molecule is CC(C)c1c(Br)c2ccccc2c[n+]1[O-]. The van der Waals surface area contributed by atoms with Crippen LogP contribution in [0.15, 0.2) is 34.9 Å². The van der Waals surface area contributed by atoms with Crippen molar-refractivity contribution < 1.29 is 4.73 Å². The molecule has 2 aromatic rings. The zero-order valence-electron chi connectivity index (χ0n) is 8.70. The van der Waals surface area contributed by atoms with Gasteiger partial charge in [0.25, 0.3) is 0 Å². The van der Waals surface area contributed by atoms with Crippen molar-refractivity contribution in [3.05, 3.63) is 45.8 Å². The van der Waals surface area contributed by atoms with Crippen molar-refractivity contribution in [3.63, 3.8) is 0 Å². The zero-order valence-corrected chi connectivity index (χ0v) is 10.3. The van der Waals surface area contributed by atoms with Crippen LogP contribution < -0.4 is 4.73 Å². The summed E-state index contributed by atoms with van der Waals surface area (Å²) in [4.78, 5) is 0. The van der Waals surface area contributed by atoms with Gasteiger partial charge in [-0.1, -0.05) is 32.0 Å². The molecule has 0 fully saturated rings. The molecule has 0 N–H and O–H groups in total. The molecule has 0 saturated heterocycles. The molecule has 0 aliphatic heterocycles. The molecule has 0 aliphatic rings. The number of pyridine rings is 1. The van der Waals surface area contributed by atoms with Crippen molar-refractivity contribution >= 4 is 26.7 Å². The highest BCUT2D eigenvalue weighted by Crippen LogP contribution is 2.28. The third kappa shape index (κ3) is 1.72. The fourth-order valence-corrected chi connectivity index (χ4v) is 2.74. The average Bonchev–Trinajstić information content (AvgIpc) is 2.17. The van der Waals surface area contributed by atoms with E-state index in [1.807, 2.05) is 38.1 Å². The van der Waals surface area contributed by atoms with Crippen LogP contribution in [-0.4, -0.2) is 0 Å². The Hall–Kier alpha value is -1.09. The Balaban J connectivity index is 2.84. The van der Waals surface area contributed by atoms with Gasteiger partial charge in [0.05, 0.1) is 4.47 Å². The second kappa shape index (κ2) is 3.81. The number of benzene rings is 1. The highest BCUT2D eigenvalue weighted by molar-refractivity contribution is 9.10. The lowest BCUT2D eigenvalue weighted by Crippen LogP contribution is -2.32. The molecule has 0 radical (unpaired) electrons. The molecule has 0 atom stereocenters. The number of rotatable bonds is 1. The average molecular weight is 266 g/mol. The third-order valence-electron chi connectivity index (χ3n) is 2.46. The normalized spacial score (nSPS) is 11.2. The first-order chi connectivity index (χ1) is 7.11. The molecule has 15 heavy (non-hydrogen) atoms. The van der Waals surface area contributed by atoms with E-state index >= 15 is 0 Å². The van der Waals surface area contributed by atoms with Crippen molar-refractivity contribution in [3.8, 4) is 0 Å². The second-order valence-electron chi connectivity index (χ2n) is 3.90. The molecule has 78 valence electrons. The van der Waals surface area contributed by atoms with E-state index in [2.05, 4.69) is 15.9 Å². The van der Waals surface area contributed by atoms with Gasteiger partial charge in [0.1, 0.15) is 0 Å². The molecule has 0 bridgehead atoms. The van der Waals surface area contributed by atoms with Gasteiger partial charge in [-0.2, -0.15) is 4.73 Å². The van der Waals surface area contributed by atoms with Gasteiger partial charge in [0.2, 0.25) is 5.69 Å². The molecular weight excluding hydrogens is 254 g/mol. The van der Waals surface area contributed by atoms with Gasteiger partial charge < -0.3 is 5.21 Å². The Bertz CT molecular complexity index is 508. The van der Waals surface area contributed by atoms with Gasteiger partial charge in [-0.25, -0.2) is 0 Å². The van der Waals surface area contributed by atoms with Crippen molar-refractivity contribution in [1.82, 2.24) is 0 Å². The quantitative estimate of drug-likeness (QED) is 0.574. The van der Waals surface area contributed by atoms with E-state index in [9.17, 15) is 5.21 Å². The van der Waals surface area contributed by atoms with E-state index in [-0.39, 0.29) is 5.92 Å². The minimum absolute atomic E-state index is 0.210. The van der Waals surface area contributed by atoms with E-state index in [0.717, 1.165) is 25.7 Å². The van der Waals surface area contributed by atoms with E-state index in [1.54, 1.807) is 6.20 Å². The maximum atomic E-state index is 11.8. The predicted molar refractivity (Wildman–Crippen MR) is 64.7 cm³/mol. The van der Waals surface area contributed by atoms with E-state index in [1.165, 1.54) is 0 Å². The Labute approximate surface area is 97.3 Å². The van der Waals surface area contributed by atoms with Crippen LogP contribution in [0.3, 0.4) is 0 Å². The Kier molecular flexibility index (Phi) is 2.65. The highest BCUT2D eigenvalue weighted by atomic mass is 79.9. The molecule has 1 aromatic heterocycles. The lowest BCUT2D eigenvalue weighted by Gasteiger charge is -2.11. The summed E-state index contributed by atoms with van der Waals surface area (Å²) in [6, 6.07) is 7.88. The maximum absolute atomic E-state index is 11.8. The monoisotopic (exact) mass is 265 g/mol. The fourth-order valence-electron chi connectivity index (χ4n) is 1.75. The largest absolute Gasteiger partial charge is 0.618 e. The molecule has 2 nitrogen and oxygen atoms in total. The minimum Gasteiger partial charge on any atom is -0.618 e. The molecule has 0 unspecified atom stereocenters. The molecule has 1 heterocycles. The summed E-state index contributed by atoms with van der Waals surface area (Å²) in [5.74, 6) is 0.210. The Morgan fingerprint density at radius 2 is 1.93 bits per heavy atom. The molecular formula is C12H12BrNO. The summed E-state index contributed by atoms with van der Waals surface area (Å²) >= 11 is 3.51. The third-order valence-corrected chi connectivity index (χ3v) is 3.30. The Morgan fingerprint density at radius 3 is 2.60 bits per heavy atom. The first-order valence-corrected chi connectivity index (χ1v) is 5.71. The molecule has 3 heteroatoms. The topological polar surface area (TPSA) is 26.9 Å². The molecule has 2 rings (SSSR count). The van der Waals surface area contributed by atoms with Crippen molar-refractivity contribution in [2.45, 2.75) is 19.8 Å². The van der Waals surface area contributed by atoms with E-state index in [0.29, 0.717) is 0 Å². The van der Waals surface area contributed by atoms with Crippen LogP contribution in [0.1, 0.15) is 25.5 Å². The molecule has 1 aromatic carbocycles. The van der Waals surface area contributed by atoms with Crippen molar-refractivity contribution in [2.24, 2.45) is 0 Å². The lowest BCUT2D eigenvalue weighted by atomic mass is 10.1. The number of fused-ring (bicyclic) bond motifs is 1. The molecule has 0 aliphatic carbocycles. The van der Waals surface area contributed by atoms with Crippen molar-refractivity contribution in [2.75, 3.05) is 0 Å². The number of hydrogen-bond donors (Lipinski definition) is 0. The highest BCUT2D eigenvalue weighted by Gasteiger charge is 2.18. The number of halogens is 1. The standard InChI is InChI=1S/C12H12BrNO/c1-8(2)12-11(13)10-6-4-3-5-9(10)7-14(12)15/h3-8H,1-2H3. The molecule has 0 spiro atoms. The van der Waals surface area contributed by atoms with Gasteiger partial charge in [-0.3, -0.25) is 0 Å². The summed E-state index contributed by atoms with van der Waals surface area (Å²) in [6.45, 7) is 4.03. The Morgan fingerprint density at radius 1 is 1.27 bits per heavy atom. The van der Waals surface area contributed by atoms with Crippen molar-refractivity contribution in [1.29, 1.82) is 0 Å². The van der Waals surface area contributed by atoms with E-state index in [4.69, 9.17) is 0 Å². The van der Waals surface area contributed by atoms with Gasteiger partial charge >= 0.3 is 0 Å². The van der Waals surface area contributed by atoms with Gasteiger partial charge in [0.15, 0.2) is 6.20 Å². The molecule has 0 saturated carbocycles. The van der Waals surface area contributed by atoms with Crippen LogP contribution in [0.2, 0.25) is 0 Å². The van der Waals surface area contributed by atoms with Crippen LogP contribution >= 0.6 is 15.9 Å². The maximum Gasteiger partial charge on any atom is 0.210 e. The summed E-state index contributed by atoms with van der Waals surface area (Å²) in [5, 5.41) is 13.8. The van der Waals surface area contributed by atoms with E-state index < -0.39 is 0 Å². The summed E-state index contributed by atoms with van der Waals surface area (Å²) in [6.07, 6.45) is 1.63. The summed E-state index contributed by atoms with van der Waals surface area (Å²) < 4.78 is 1.86.